The number of nitrogens with one attached hydrogen (secondary N) is 1. The fraction of sp³-hybridized carbons (Fsp3) is 0.333. The minimum absolute atomic E-state index is 0.00924. The van der Waals surface area contributed by atoms with Gasteiger partial charge in [0.1, 0.15) is 0 Å². The minimum Gasteiger partial charge on any atom is -0.394 e. The Hall–Kier alpha value is -1.25. The number of benzene rings is 1. The van der Waals surface area contributed by atoms with Gasteiger partial charge in [-0.05, 0) is 22.0 Å². The van der Waals surface area contributed by atoms with E-state index in [1.807, 2.05) is 0 Å². The van der Waals surface area contributed by atoms with Crippen molar-refractivity contribution in [1.82, 2.24) is 0 Å². The minimum atomic E-state index is -1.02. The standard InChI is InChI=1S/C9H10BrFN2O4/c10-6-1-8(12-3-5(15)4-14)7(11)2-9(6)13(16)17/h1-2,5,12,14-15H,3-4H2. The zero-order valence-electron chi connectivity index (χ0n) is 8.56. The maximum Gasteiger partial charge on any atom is 0.286 e. The summed E-state index contributed by atoms with van der Waals surface area (Å²) in [4.78, 5) is 9.80. The lowest BCUT2D eigenvalue weighted by atomic mass is 10.2. The van der Waals surface area contributed by atoms with Crippen LogP contribution in [0.2, 0.25) is 0 Å². The van der Waals surface area contributed by atoms with Crippen molar-refractivity contribution in [2.75, 3.05) is 18.5 Å². The normalized spacial score (nSPS) is 12.2. The summed E-state index contributed by atoms with van der Waals surface area (Å²) in [6.07, 6.45) is -1.02. The Morgan fingerprint density at radius 3 is 2.76 bits per heavy atom. The summed E-state index contributed by atoms with van der Waals surface area (Å²) in [7, 11) is 0. The Morgan fingerprint density at radius 1 is 1.59 bits per heavy atom. The number of hydrogen-bond acceptors (Lipinski definition) is 5. The molecule has 0 amide bonds. The second-order valence-corrected chi connectivity index (χ2v) is 4.11. The smallest absolute Gasteiger partial charge is 0.286 e. The van der Waals surface area contributed by atoms with Crippen LogP contribution in [-0.2, 0) is 0 Å². The summed E-state index contributed by atoms with van der Waals surface area (Å²) in [5.74, 6) is -0.801. The predicted octanol–water partition coefficient (Wildman–Crippen LogP) is 1.26. The van der Waals surface area contributed by atoms with Crippen LogP contribution < -0.4 is 5.32 Å². The molecule has 8 heteroatoms. The molecule has 0 aromatic heterocycles. The van der Waals surface area contributed by atoms with E-state index in [-0.39, 0.29) is 22.4 Å². The van der Waals surface area contributed by atoms with Crippen molar-refractivity contribution in [1.29, 1.82) is 0 Å². The summed E-state index contributed by atoms with van der Waals surface area (Å²) in [6.45, 7) is -0.513. The van der Waals surface area contributed by atoms with Gasteiger partial charge in [0, 0.05) is 6.54 Å². The number of nitrogens with zero attached hydrogens (tertiary/aromatic N) is 1. The number of nitro benzene ring substituents is 1. The van der Waals surface area contributed by atoms with Crippen LogP contribution in [0.15, 0.2) is 16.6 Å². The zero-order chi connectivity index (χ0) is 13.0. The number of nitro groups is 1. The third-order valence-electron chi connectivity index (χ3n) is 1.97. The number of anilines is 1. The molecular formula is C9H10BrFN2O4. The summed E-state index contributed by atoms with van der Waals surface area (Å²) < 4.78 is 13.5. The highest BCUT2D eigenvalue weighted by Crippen LogP contribution is 2.30. The first-order chi connectivity index (χ1) is 7.95. The number of halogens is 2. The number of aliphatic hydroxyl groups excluding tert-OH is 2. The van der Waals surface area contributed by atoms with Crippen LogP contribution in [0.4, 0.5) is 15.8 Å². The second-order valence-electron chi connectivity index (χ2n) is 3.26. The molecule has 1 rings (SSSR count). The molecule has 0 saturated heterocycles. The number of rotatable bonds is 5. The molecule has 1 atom stereocenters. The molecule has 6 nitrogen and oxygen atoms in total. The van der Waals surface area contributed by atoms with Gasteiger partial charge in [0.2, 0.25) is 0 Å². The molecule has 0 radical (unpaired) electrons. The molecule has 1 unspecified atom stereocenters. The van der Waals surface area contributed by atoms with E-state index in [1.54, 1.807) is 0 Å². The van der Waals surface area contributed by atoms with E-state index >= 15 is 0 Å². The zero-order valence-corrected chi connectivity index (χ0v) is 10.1. The third kappa shape index (κ3) is 3.62. The Morgan fingerprint density at radius 2 is 2.24 bits per heavy atom. The van der Waals surface area contributed by atoms with Gasteiger partial charge in [-0.3, -0.25) is 10.1 Å². The van der Waals surface area contributed by atoms with Gasteiger partial charge < -0.3 is 15.5 Å². The Labute approximate surface area is 104 Å². The van der Waals surface area contributed by atoms with Crippen LogP contribution in [0.25, 0.3) is 0 Å². The highest BCUT2D eigenvalue weighted by Gasteiger charge is 2.16. The van der Waals surface area contributed by atoms with Crippen LogP contribution in [0.5, 0.6) is 0 Å². The largest absolute Gasteiger partial charge is 0.394 e. The third-order valence-corrected chi connectivity index (χ3v) is 2.61. The maximum absolute atomic E-state index is 13.4. The van der Waals surface area contributed by atoms with Crippen molar-refractivity contribution < 1.29 is 19.5 Å². The van der Waals surface area contributed by atoms with Crippen molar-refractivity contribution in [2.24, 2.45) is 0 Å². The molecule has 0 saturated carbocycles. The second kappa shape index (κ2) is 5.89. The van der Waals surface area contributed by atoms with E-state index in [9.17, 15) is 14.5 Å². The molecule has 0 spiro atoms. The van der Waals surface area contributed by atoms with Crippen LogP contribution in [-0.4, -0.2) is 34.4 Å². The first kappa shape index (κ1) is 13.8. The number of aliphatic hydroxyl groups is 2. The summed E-state index contributed by atoms with van der Waals surface area (Å²) in [5, 5.41) is 30.7. The monoisotopic (exact) mass is 308 g/mol. The molecule has 17 heavy (non-hydrogen) atoms. The molecule has 0 bridgehead atoms. The van der Waals surface area contributed by atoms with E-state index in [2.05, 4.69) is 21.2 Å². The van der Waals surface area contributed by atoms with E-state index in [4.69, 9.17) is 10.2 Å². The molecule has 0 heterocycles. The van der Waals surface area contributed by atoms with E-state index in [1.165, 1.54) is 6.07 Å². The van der Waals surface area contributed by atoms with Crippen LogP contribution >= 0.6 is 15.9 Å². The quantitative estimate of drug-likeness (QED) is 0.562. The summed E-state index contributed by atoms with van der Waals surface area (Å²) in [5.41, 5.74) is -0.370. The van der Waals surface area contributed by atoms with Crippen LogP contribution in [0.1, 0.15) is 0 Å². The van der Waals surface area contributed by atoms with Gasteiger partial charge in [0.05, 0.1) is 33.9 Å². The lowest BCUT2D eigenvalue weighted by molar-refractivity contribution is -0.385. The van der Waals surface area contributed by atoms with E-state index in [0.717, 1.165) is 6.07 Å². The maximum atomic E-state index is 13.4. The first-order valence-electron chi connectivity index (χ1n) is 4.62. The van der Waals surface area contributed by atoms with Crippen molar-refractivity contribution >= 4 is 27.3 Å². The van der Waals surface area contributed by atoms with Crippen molar-refractivity contribution in [3.63, 3.8) is 0 Å². The van der Waals surface area contributed by atoms with Crippen LogP contribution in [0.3, 0.4) is 0 Å². The van der Waals surface area contributed by atoms with Gasteiger partial charge in [-0.2, -0.15) is 0 Å². The van der Waals surface area contributed by atoms with E-state index < -0.39 is 23.5 Å². The summed E-state index contributed by atoms with van der Waals surface area (Å²) >= 11 is 2.95. The average molecular weight is 309 g/mol. The van der Waals surface area contributed by atoms with Gasteiger partial charge in [-0.25, -0.2) is 4.39 Å². The lowest BCUT2D eigenvalue weighted by Crippen LogP contribution is -2.23. The Bertz CT molecular complexity index is 430. The van der Waals surface area contributed by atoms with Gasteiger partial charge in [0.25, 0.3) is 5.69 Å². The number of hydrogen-bond donors (Lipinski definition) is 3. The van der Waals surface area contributed by atoms with Crippen molar-refractivity contribution in [3.05, 3.63) is 32.5 Å². The topological polar surface area (TPSA) is 95.6 Å². The SMILES string of the molecule is O=[N+]([O-])c1cc(F)c(NCC(O)CO)cc1Br. The average Bonchev–Trinajstić information content (AvgIpc) is 2.28. The van der Waals surface area contributed by atoms with Crippen molar-refractivity contribution in [2.45, 2.75) is 6.10 Å². The highest BCUT2D eigenvalue weighted by atomic mass is 79.9. The highest BCUT2D eigenvalue weighted by molar-refractivity contribution is 9.10. The van der Waals surface area contributed by atoms with Gasteiger partial charge in [-0.15, -0.1) is 0 Å². The van der Waals surface area contributed by atoms with Gasteiger partial charge >= 0.3 is 0 Å². The van der Waals surface area contributed by atoms with E-state index in [0.29, 0.717) is 0 Å². The molecule has 3 N–H and O–H groups in total. The molecule has 0 aliphatic rings. The molecule has 94 valence electrons. The molecule has 1 aromatic carbocycles. The predicted molar refractivity (Wildman–Crippen MR) is 62.3 cm³/mol. The van der Waals surface area contributed by atoms with Gasteiger partial charge in [-0.1, -0.05) is 0 Å². The molecular weight excluding hydrogens is 299 g/mol. The lowest BCUT2D eigenvalue weighted by Gasteiger charge is -2.11. The van der Waals surface area contributed by atoms with Crippen LogP contribution in [0, 0.1) is 15.9 Å². The fourth-order valence-electron chi connectivity index (χ4n) is 1.10. The molecule has 0 aliphatic heterocycles. The first-order valence-corrected chi connectivity index (χ1v) is 5.41. The molecule has 0 aliphatic carbocycles. The molecule has 1 aromatic rings. The Kier molecular flexibility index (Phi) is 4.79. The fourth-order valence-corrected chi connectivity index (χ4v) is 1.59. The van der Waals surface area contributed by atoms with Gasteiger partial charge in [0.15, 0.2) is 5.82 Å². The summed E-state index contributed by atoms with van der Waals surface area (Å²) in [6, 6.07) is 1.98. The molecule has 0 fully saturated rings. The Balaban J connectivity index is 2.88. The van der Waals surface area contributed by atoms with Crippen molar-refractivity contribution in [3.8, 4) is 0 Å².